The quantitative estimate of drug-likeness (QED) is 0.901. The molecule has 2 saturated heterocycles. The van der Waals surface area contributed by atoms with Gasteiger partial charge in [-0.05, 0) is 58.3 Å². The number of nitrogens with one attached hydrogen (secondary N) is 1. The third-order valence-electron chi connectivity index (χ3n) is 4.40. The Hall–Kier alpha value is -0.940. The van der Waals surface area contributed by atoms with E-state index in [1.165, 1.54) is 38.8 Å². The maximum atomic E-state index is 5.43. The third-order valence-corrected chi connectivity index (χ3v) is 4.40. The Morgan fingerprint density at radius 3 is 2.84 bits per heavy atom. The molecule has 0 aliphatic carbocycles. The van der Waals surface area contributed by atoms with Crippen molar-refractivity contribution in [2.75, 3.05) is 26.7 Å². The summed E-state index contributed by atoms with van der Waals surface area (Å²) in [7, 11) is 2.19. The first-order chi connectivity index (χ1) is 9.31. The van der Waals surface area contributed by atoms with E-state index in [4.69, 9.17) is 4.52 Å². The number of likely N-dealkylation sites (tertiary alicyclic amines) is 1. The molecule has 2 aliphatic heterocycles. The molecule has 1 aromatic heterocycles. The number of nitrogens with zero attached hydrogens (tertiary/aromatic N) is 3. The fourth-order valence-electron chi connectivity index (χ4n) is 3.08. The predicted molar refractivity (Wildman–Crippen MR) is 72.8 cm³/mol. The highest BCUT2D eigenvalue weighted by Crippen LogP contribution is 2.23. The zero-order valence-electron chi connectivity index (χ0n) is 11.8. The van der Waals surface area contributed by atoms with Gasteiger partial charge >= 0.3 is 0 Å². The molecular weight excluding hydrogens is 240 g/mol. The zero-order valence-corrected chi connectivity index (χ0v) is 11.8. The summed E-state index contributed by atoms with van der Waals surface area (Å²) in [5.41, 5.74) is 0. The average Bonchev–Trinajstić information content (AvgIpc) is 2.91. The molecule has 2 aliphatic rings. The summed E-state index contributed by atoms with van der Waals surface area (Å²) in [4.78, 5) is 6.99. The lowest BCUT2D eigenvalue weighted by Crippen LogP contribution is -2.31. The lowest BCUT2D eigenvalue weighted by atomic mass is 9.93. The highest BCUT2D eigenvalue weighted by molar-refractivity contribution is 4.95. The molecule has 1 atom stereocenters. The van der Waals surface area contributed by atoms with E-state index in [9.17, 15) is 0 Å². The standard InChI is InChI=1S/C14H24N4O/c1-18-8-5-11(6-9-18)10-13-16-14(19-17-13)12-4-2-3-7-15-12/h11-12,15H,2-10H2,1H3. The fourth-order valence-corrected chi connectivity index (χ4v) is 3.08. The molecular formula is C14H24N4O. The molecule has 1 aromatic rings. The lowest BCUT2D eigenvalue weighted by Gasteiger charge is -2.28. The Balaban J connectivity index is 1.55. The summed E-state index contributed by atoms with van der Waals surface area (Å²) in [6.07, 6.45) is 7.11. The van der Waals surface area contributed by atoms with Gasteiger partial charge < -0.3 is 14.7 Å². The largest absolute Gasteiger partial charge is 0.338 e. The predicted octanol–water partition coefficient (Wildman–Crippen LogP) is 1.77. The van der Waals surface area contributed by atoms with Crippen LogP contribution in [0.5, 0.6) is 0 Å². The number of rotatable bonds is 3. The summed E-state index contributed by atoms with van der Waals surface area (Å²) < 4.78 is 5.43. The minimum Gasteiger partial charge on any atom is -0.338 e. The van der Waals surface area contributed by atoms with Crippen LogP contribution < -0.4 is 5.32 Å². The fraction of sp³-hybridized carbons (Fsp3) is 0.857. The highest BCUT2D eigenvalue weighted by Gasteiger charge is 2.23. The minimum absolute atomic E-state index is 0.285. The molecule has 5 heteroatoms. The van der Waals surface area contributed by atoms with Crippen molar-refractivity contribution in [3.8, 4) is 0 Å². The molecule has 0 aromatic carbocycles. The van der Waals surface area contributed by atoms with Gasteiger partial charge in [-0.15, -0.1) is 0 Å². The Kier molecular flexibility index (Phi) is 4.13. The molecule has 0 amide bonds. The molecule has 0 saturated carbocycles. The van der Waals surface area contributed by atoms with Crippen molar-refractivity contribution in [1.82, 2.24) is 20.4 Å². The van der Waals surface area contributed by atoms with Crippen LogP contribution >= 0.6 is 0 Å². The summed E-state index contributed by atoms with van der Waals surface area (Å²) >= 11 is 0. The van der Waals surface area contributed by atoms with E-state index >= 15 is 0 Å². The Morgan fingerprint density at radius 2 is 2.11 bits per heavy atom. The van der Waals surface area contributed by atoms with Crippen LogP contribution in [0.2, 0.25) is 0 Å². The van der Waals surface area contributed by atoms with Crippen LogP contribution in [0.25, 0.3) is 0 Å². The van der Waals surface area contributed by atoms with E-state index in [1.54, 1.807) is 0 Å². The smallest absolute Gasteiger partial charge is 0.243 e. The summed E-state index contributed by atoms with van der Waals surface area (Å²) in [5.74, 6) is 2.42. The van der Waals surface area contributed by atoms with Crippen LogP contribution in [0, 0.1) is 5.92 Å². The molecule has 1 N–H and O–H groups in total. The minimum atomic E-state index is 0.285. The second-order valence-electron chi connectivity index (χ2n) is 6.00. The lowest BCUT2D eigenvalue weighted by molar-refractivity contribution is 0.216. The van der Waals surface area contributed by atoms with Crippen molar-refractivity contribution >= 4 is 0 Å². The van der Waals surface area contributed by atoms with E-state index in [-0.39, 0.29) is 6.04 Å². The van der Waals surface area contributed by atoms with Crippen LogP contribution in [-0.2, 0) is 6.42 Å². The monoisotopic (exact) mass is 264 g/mol. The molecule has 0 bridgehead atoms. The molecule has 3 rings (SSSR count). The van der Waals surface area contributed by atoms with Gasteiger partial charge in [0.25, 0.3) is 0 Å². The normalized spacial score (nSPS) is 26.7. The SMILES string of the molecule is CN1CCC(Cc2noc(C3CCCCN3)n2)CC1. The maximum absolute atomic E-state index is 5.43. The van der Waals surface area contributed by atoms with Crippen LogP contribution in [0.1, 0.15) is 49.9 Å². The van der Waals surface area contributed by atoms with Crippen molar-refractivity contribution in [1.29, 1.82) is 0 Å². The first-order valence-corrected chi connectivity index (χ1v) is 7.55. The van der Waals surface area contributed by atoms with Crippen molar-refractivity contribution < 1.29 is 4.52 Å². The van der Waals surface area contributed by atoms with Gasteiger partial charge in [-0.2, -0.15) is 4.98 Å². The van der Waals surface area contributed by atoms with Crippen molar-refractivity contribution in [2.24, 2.45) is 5.92 Å². The molecule has 5 nitrogen and oxygen atoms in total. The number of hydrogen-bond acceptors (Lipinski definition) is 5. The zero-order chi connectivity index (χ0) is 13.1. The van der Waals surface area contributed by atoms with Crippen molar-refractivity contribution in [3.05, 3.63) is 11.7 Å². The van der Waals surface area contributed by atoms with E-state index in [1.807, 2.05) is 0 Å². The number of hydrogen-bond donors (Lipinski definition) is 1. The molecule has 3 heterocycles. The van der Waals surface area contributed by atoms with Crippen molar-refractivity contribution in [3.63, 3.8) is 0 Å². The molecule has 1 unspecified atom stereocenters. The molecule has 2 fully saturated rings. The van der Waals surface area contributed by atoms with E-state index in [2.05, 4.69) is 27.4 Å². The van der Waals surface area contributed by atoms with Gasteiger partial charge in [-0.3, -0.25) is 0 Å². The first kappa shape index (κ1) is 13.1. The first-order valence-electron chi connectivity index (χ1n) is 7.55. The van der Waals surface area contributed by atoms with Gasteiger partial charge in [-0.25, -0.2) is 0 Å². The van der Waals surface area contributed by atoms with Crippen molar-refractivity contribution in [2.45, 2.75) is 44.6 Å². The second-order valence-corrected chi connectivity index (χ2v) is 6.00. The van der Waals surface area contributed by atoms with E-state index in [0.717, 1.165) is 37.0 Å². The van der Waals surface area contributed by atoms with Gasteiger partial charge in [0.1, 0.15) is 0 Å². The molecule has 19 heavy (non-hydrogen) atoms. The average molecular weight is 264 g/mol. The Morgan fingerprint density at radius 1 is 1.26 bits per heavy atom. The van der Waals surface area contributed by atoms with E-state index < -0.39 is 0 Å². The van der Waals surface area contributed by atoms with Gasteiger partial charge in [0.05, 0.1) is 6.04 Å². The van der Waals surface area contributed by atoms with E-state index in [0.29, 0.717) is 0 Å². The summed E-state index contributed by atoms with van der Waals surface area (Å²) in [5, 5.41) is 7.62. The molecule has 0 spiro atoms. The molecule has 106 valence electrons. The number of piperidine rings is 2. The number of aromatic nitrogens is 2. The van der Waals surface area contributed by atoms with Crippen LogP contribution in [-0.4, -0.2) is 41.7 Å². The van der Waals surface area contributed by atoms with Crippen LogP contribution in [0.3, 0.4) is 0 Å². The van der Waals surface area contributed by atoms with Gasteiger partial charge in [0.15, 0.2) is 5.82 Å². The van der Waals surface area contributed by atoms with Gasteiger partial charge in [0, 0.05) is 6.42 Å². The second kappa shape index (κ2) is 6.01. The topological polar surface area (TPSA) is 54.2 Å². The van der Waals surface area contributed by atoms with Crippen LogP contribution in [0.15, 0.2) is 4.52 Å². The van der Waals surface area contributed by atoms with Gasteiger partial charge in [0.2, 0.25) is 5.89 Å². The third kappa shape index (κ3) is 3.34. The van der Waals surface area contributed by atoms with Gasteiger partial charge in [-0.1, -0.05) is 11.6 Å². The molecule has 0 radical (unpaired) electrons. The Bertz CT molecular complexity index is 392. The van der Waals surface area contributed by atoms with Crippen LogP contribution in [0.4, 0.5) is 0 Å². The maximum Gasteiger partial charge on any atom is 0.243 e. The Labute approximate surface area is 114 Å². The summed E-state index contributed by atoms with van der Waals surface area (Å²) in [6, 6.07) is 0.285. The summed E-state index contributed by atoms with van der Waals surface area (Å²) in [6.45, 7) is 3.45. The highest BCUT2D eigenvalue weighted by atomic mass is 16.5.